The minimum Gasteiger partial charge on any atom is -0.466 e. The summed E-state index contributed by atoms with van der Waals surface area (Å²) in [6.45, 7) is 3.46. The van der Waals surface area contributed by atoms with Crippen LogP contribution in [0.15, 0.2) is 11.6 Å². The molecule has 0 atom stereocenters. The lowest BCUT2D eigenvalue weighted by Crippen LogP contribution is -2.35. The normalized spacial score (nSPS) is 18.0. The highest BCUT2D eigenvalue weighted by molar-refractivity contribution is 5.81. The summed E-state index contributed by atoms with van der Waals surface area (Å²) in [7, 11) is 0. The third kappa shape index (κ3) is 5.52. The number of carbonyl (C=O) groups excluding carboxylic acids is 2. The Morgan fingerprint density at radius 2 is 2.10 bits per heavy atom. The first-order valence-corrected chi connectivity index (χ1v) is 8.33. The van der Waals surface area contributed by atoms with Crippen LogP contribution in [0.5, 0.6) is 0 Å². The van der Waals surface area contributed by atoms with Crippen LogP contribution in [-0.4, -0.2) is 36.5 Å². The molecule has 2 rings (SSSR count). The molecule has 0 aromatic heterocycles. The highest BCUT2D eigenvalue weighted by Gasteiger charge is 2.33. The molecule has 0 heterocycles. The molecule has 0 bridgehead atoms. The number of hydrogen-bond donors (Lipinski definition) is 0. The average molecular weight is 293 g/mol. The molecule has 0 saturated heterocycles. The fraction of sp³-hybridized carbons (Fsp3) is 0.765. The van der Waals surface area contributed by atoms with Gasteiger partial charge in [-0.1, -0.05) is 11.6 Å². The van der Waals surface area contributed by atoms with Gasteiger partial charge in [-0.3, -0.25) is 9.59 Å². The van der Waals surface area contributed by atoms with Gasteiger partial charge in [-0.05, 0) is 51.9 Å². The van der Waals surface area contributed by atoms with Crippen LogP contribution in [0.3, 0.4) is 0 Å². The van der Waals surface area contributed by atoms with Crippen LogP contribution in [0.25, 0.3) is 0 Å². The first kappa shape index (κ1) is 16.1. The summed E-state index contributed by atoms with van der Waals surface area (Å²) in [5.41, 5.74) is 1.48. The van der Waals surface area contributed by atoms with E-state index >= 15 is 0 Å². The van der Waals surface area contributed by atoms with Gasteiger partial charge >= 0.3 is 5.97 Å². The van der Waals surface area contributed by atoms with Crippen LogP contribution in [-0.2, 0) is 14.3 Å². The second-order valence-electron chi connectivity index (χ2n) is 6.01. The highest BCUT2D eigenvalue weighted by Crippen LogP contribution is 2.31. The van der Waals surface area contributed by atoms with Gasteiger partial charge in [0.15, 0.2) is 0 Å². The van der Waals surface area contributed by atoms with Crippen LogP contribution >= 0.6 is 0 Å². The Morgan fingerprint density at radius 1 is 1.29 bits per heavy atom. The van der Waals surface area contributed by atoms with E-state index in [1.165, 1.54) is 31.3 Å². The van der Waals surface area contributed by atoms with Crippen LogP contribution in [0.4, 0.5) is 0 Å². The van der Waals surface area contributed by atoms with E-state index in [1.807, 2.05) is 4.90 Å². The maximum atomic E-state index is 12.3. The molecular formula is C17H27NO3. The Bertz CT molecular complexity index is 399. The summed E-state index contributed by atoms with van der Waals surface area (Å²) in [6, 6.07) is 0. The molecule has 118 valence electrons. The fourth-order valence-corrected chi connectivity index (χ4v) is 2.79. The minimum atomic E-state index is -0.206. The zero-order chi connectivity index (χ0) is 15.1. The molecule has 1 saturated carbocycles. The molecule has 4 heteroatoms. The Hall–Kier alpha value is -1.32. The number of nitrogens with zero attached hydrogens (tertiary/aromatic N) is 1. The van der Waals surface area contributed by atoms with Gasteiger partial charge in [-0.2, -0.15) is 0 Å². The zero-order valence-electron chi connectivity index (χ0n) is 13.1. The van der Waals surface area contributed by atoms with Gasteiger partial charge in [-0.25, -0.2) is 0 Å². The molecule has 0 aromatic carbocycles. The zero-order valence-corrected chi connectivity index (χ0v) is 13.1. The molecule has 2 aliphatic rings. The van der Waals surface area contributed by atoms with Gasteiger partial charge in [0.25, 0.3) is 0 Å². The van der Waals surface area contributed by atoms with Gasteiger partial charge in [-0.15, -0.1) is 0 Å². The van der Waals surface area contributed by atoms with Crippen molar-refractivity contribution in [3.8, 4) is 0 Å². The number of amides is 1. The lowest BCUT2D eigenvalue weighted by atomic mass is 9.97. The molecular weight excluding hydrogens is 266 g/mol. The van der Waals surface area contributed by atoms with Crippen LogP contribution in [0, 0.1) is 5.92 Å². The van der Waals surface area contributed by atoms with Crippen molar-refractivity contribution < 1.29 is 14.3 Å². The Morgan fingerprint density at radius 3 is 2.71 bits per heavy atom. The molecule has 21 heavy (non-hydrogen) atoms. The van der Waals surface area contributed by atoms with Crippen molar-refractivity contribution >= 4 is 11.9 Å². The van der Waals surface area contributed by atoms with E-state index in [2.05, 4.69) is 6.08 Å². The molecule has 4 nitrogen and oxygen atoms in total. The van der Waals surface area contributed by atoms with Crippen molar-refractivity contribution in [1.29, 1.82) is 0 Å². The number of rotatable bonds is 8. The third-order valence-electron chi connectivity index (χ3n) is 4.22. The number of allylic oxidation sites excluding steroid dienone is 1. The quantitative estimate of drug-likeness (QED) is 0.510. The summed E-state index contributed by atoms with van der Waals surface area (Å²) in [5, 5.41) is 0. The van der Waals surface area contributed by atoms with E-state index in [1.54, 1.807) is 6.92 Å². The molecule has 2 aliphatic carbocycles. The van der Waals surface area contributed by atoms with Gasteiger partial charge in [0.1, 0.15) is 0 Å². The predicted molar refractivity (Wildman–Crippen MR) is 81.7 cm³/mol. The van der Waals surface area contributed by atoms with Crippen LogP contribution in [0.2, 0.25) is 0 Å². The fourth-order valence-electron chi connectivity index (χ4n) is 2.79. The summed E-state index contributed by atoms with van der Waals surface area (Å²) < 4.78 is 4.95. The summed E-state index contributed by atoms with van der Waals surface area (Å²) in [5.74, 6) is 0.242. The van der Waals surface area contributed by atoms with Crippen molar-refractivity contribution in [2.45, 2.75) is 58.3 Å². The maximum Gasteiger partial charge on any atom is 0.307 e. The molecule has 0 spiro atoms. The van der Waals surface area contributed by atoms with E-state index in [4.69, 9.17) is 4.74 Å². The Balaban J connectivity index is 1.81. The first-order valence-electron chi connectivity index (χ1n) is 8.33. The topological polar surface area (TPSA) is 46.6 Å². The number of hydrogen-bond acceptors (Lipinski definition) is 3. The standard InChI is InChI=1S/C17H27NO3/c1-2-21-16(19)11-13-18(17(20)15-8-9-15)12-10-14-6-4-3-5-7-14/h6,15H,2-5,7-13H2,1H3. The average Bonchev–Trinajstić information content (AvgIpc) is 3.33. The number of ether oxygens (including phenoxy) is 1. The molecule has 0 aromatic rings. The van der Waals surface area contributed by atoms with Crippen LogP contribution in [0.1, 0.15) is 58.3 Å². The van der Waals surface area contributed by atoms with Crippen molar-refractivity contribution in [2.75, 3.05) is 19.7 Å². The summed E-state index contributed by atoms with van der Waals surface area (Å²) in [4.78, 5) is 25.7. The molecule has 0 aliphatic heterocycles. The van der Waals surface area contributed by atoms with E-state index in [0.717, 1.165) is 25.8 Å². The van der Waals surface area contributed by atoms with Gasteiger partial charge in [0, 0.05) is 19.0 Å². The number of esters is 1. The minimum absolute atomic E-state index is 0.206. The van der Waals surface area contributed by atoms with E-state index in [-0.39, 0.29) is 17.8 Å². The maximum absolute atomic E-state index is 12.3. The van der Waals surface area contributed by atoms with Gasteiger partial charge < -0.3 is 9.64 Å². The van der Waals surface area contributed by atoms with E-state index in [9.17, 15) is 9.59 Å². The van der Waals surface area contributed by atoms with Crippen molar-refractivity contribution in [3.63, 3.8) is 0 Å². The van der Waals surface area contributed by atoms with E-state index in [0.29, 0.717) is 19.6 Å². The molecule has 0 radical (unpaired) electrons. The summed E-state index contributed by atoms with van der Waals surface area (Å²) in [6.07, 6.45) is 10.5. The first-order chi connectivity index (χ1) is 10.2. The highest BCUT2D eigenvalue weighted by atomic mass is 16.5. The second-order valence-corrected chi connectivity index (χ2v) is 6.01. The SMILES string of the molecule is CCOC(=O)CCN(CCC1=CCCCC1)C(=O)C1CC1. The van der Waals surface area contributed by atoms with Crippen LogP contribution < -0.4 is 0 Å². The van der Waals surface area contributed by atoms with Gasteiger partial charge in [0.05, 0.1) is 13.0 Å². The molecule has 0 N–H and O–H groups in total. The smallest absolute Gasteiger partial charge is 0.307 e. The Labute approximate surface area is 127 Å². The number of carbonyl (C=O) groups is 2. The molecule has 1 amide bonds. The third-order valence-corrected chi connectivity index (χ3v) is 4.22. The van der Waals surface area contributed by atoms with Crippen molar-refractivity contribution in [1.82, 2.24) is 4.90 Å². The Kier molecular flexibility index (Phi) is 6.27. The lowest BCUT2D eigenvalue weighted by Gasteiger charge is -2.24. The van der Waals surface area contributed by atoms with E-state index < -0.39 is 0 Å². The molecule has 1 fully saturated rings. The molecule has 0 unspecified atom stereocenters. The lowest BCUT2D eigenvalue weighted by molar-refractivity contribution is -0.144. The summed E-state index contributed by atoms with van der Waals surface area (Å²) >= 11 is 0. The second kappa shape index (κ2) is 8.20. The van der Waals surface area contributed by atoms with Gasteiger partial charge in [0.2, 0.25) is 5.91 Å². The van der Waals surface area contributed by atoms with Crippen molar-refractivity contribution in [2.24, 2.45) is 5.92 Å². The predicted octanol–water partition coefficient (Wildman–Crippen LogP) is 3.07. The largest absolute Gasteiger partial charge is 0.466 e. The van der Waals surface area contributed by atoms with Crippen molar-refractivity contribution in [3.05, 3.63) is 11.6 Å². The monoisotopic (exact) mass is 293 g/mol.